The van der Waals surface area contributed by atoms with Crippen LogP contribution >= 0.6 is 0 Å². The van der Waals surface area contributed by atoms with Crippen molar-refractivity contribution in [3.63, 3.8) is 0 Å². The van der Waals surface area contributed by atoms with Gasteiger partial charge in [0.1, 0.15) is 0 Å². The number of hydrogen-bond donors (Lipinski definition) is 2. The van der Waals surface area contributed by atoms with E-state index in [4.69, 9.17) is 0 Å². The number of likely N-dealkylation sites (N-methyl/N-ethyl adjacent to an activating group) is 1. The molecule has 0 spiro atoms. The summed E-state index contributed by atoms with van der Waals surface area (Å²) >= 11 is 0. The van der Waals surface area contributed by atoms with Gasteiger partial charge in [-0.05, 0) is 32.4 Å². The second-order valence-corrected chi connectivity index (χ2v) is 4.77. The molecule has 0 fully saturated rings. The summed E-state index contributed by atoms with van der Waals surface area (Å²) in [6, 6.07) is 0.0936. The predicted molar refractivity (Wildman–Crippen MR) is 71.1 cm³/mol. The minimum atomic E-state index is -0.0502. The topological polar surface area (TPSA) is 44.4 Å². The van der Waals surface area contributed by atoms with Gasteiger partial charge in [-0.2, -0.15) is 0 Å². The van der Waals surface area contributed by atoms with Crippen molar-refractivity contribution in [3.05, 3.63) is 11.6 Å². The molecule has 1 heterocycles. The quantitative estimate of drug-likeness (QED) is 0.567. The maximum atomic E-state index is 11.6. The Kier molecular flexibility index (Phi) is 6.05. The number of carbonyl (C=O) groups is 1. The largest absolute Gasteiger partial charge is 0.338 e. The Hall–Kier alpha value is -1.03. The van der Waals surface area contributed by atoms with Gasteiger partial charge in [0.15, 0.2) is 0 Å². The van der Waals surface area contributed by atoms with Gasteiger partial charge in [0.2, 0.25) is 0 Å². The van der Waals surface area contributed by atoms with Crippen LogP contribution < -0.4 is 10.6 Å². The van der Waals surface area contributed by atoms with E-state index in [0.29, 0.717) is 0 Å². The first-order valence-electron chi connectivity index (χ1n) is 6.55. The first-order valence-corrected chi connectivity index (χ1v) is 6.55. The zero-order chi connectivity index (χ0) is 12.7. The molecule has 2 N–H and O–H groups in total. The van der Waals surface area contributed by atoms with E-state index in [1.54, 1.807) is 0 Å². The van der Waals surface area contributed by atoms with Gasteiger partial charge in [-0.3, -0.25) is 0 Å². The van der Waals surface area contributed by atoms with E-state index in [-0.39, 0.29) is 12.1 Å². The maximum Gasteiger partial charge on any atom is 0.315 e. The molecule has 0 bridgehead atoms. The third-order valence-electron chi connectivity index (χ3n) is 3.17. The molecule has 1 unspecified atom stereocenters. The first-order chi connectivity index (χ1) is 8.13. The highest BCUT2D eigenvalue weighted by atomic mass is 16.2. The van der Waals surface area contributed by atoms with Crippen LogP contribution in [0.2, 0.25) is 0 Å². The van der Waals surface area contributed by atoms with E-state index in [2.05, 4.69) is 42.5 Å². The van der Waals surface area contributed by atoms with E-state index in [0.717, 1.165) is 38.9 Å². The van der Waals surface area contributed by atoms with Crippen LogP contribution in [0.3, 0.4) is 0 Å². The highest BCUT2D eigenvalue weighted by Crippen LogP contribution is 2.12. The highest BCUT2D eigenvalue weighted by Gasteiger charge is 2.15. The average molecular weight is 239 g/mol. The van der Waals surface area contributed by atoms with E-state index in [9.17, 15) is 4.79 Å². The summed E-state index contributed by atoms with van der Waals surface area (Å²) in [5.74, 6) is 0. The Morgan fingerprint density at radius 1 is 1.59 bits per heavy atom. The lowest BCUT2D eigenvalue weighted by atomic mass is 10.0. The summed E-state index contributed by atoms with van der Waals surface area (Å²) in [5, 5.41) is 5.86. The molecule has 4 nitrogen and oxygen atoms in total. The van der Waals surface area contributed by atoms with Gasteiger partial charge in [-0.25, -0.2) is 4.79 Å². The number of amides is 2. The van der Waals surface area contributed by atoms with Gasteiger partial charge in [0.05, 0.1) is 0 Å². The number of carbonyl (C=O) groups excluding carboxylic acids is 1. The third kappa shape index (κ3) is 5.22. The van der Waals surface area contributed by atoms with E-state index >= 15 is 0 Å². The molecular weight excluding hydrogens is 214 g/mol. The molecule has 1 rings (SSSR count). The zero-order valence-corrected chi connectivity index (χ0v) is 11.3. The second kappa shape index (κ2) is 7.33. The van der Waals surface area contributed by atoms with Crippen LogP contribution in [0.4, 0.5) is 4.79 Å². The molecule has 2 amide bonds. The lowest BCUT2D eigenvalue weighted by Gasteiger charge is -2.26. The minimum absolute atomic E-state index is 0.0502. The monoisotopic (exact) mass is 239 g/mol. The summed E-state index contributed by atoms with van der Waals surface area (Å²) < 4.78 is 0. The number of urea groups is 1. The summed E-state index contributed by atoms with van der Waals surface area (Å²) in [6.07, 6.45) is 5.41. The summed E-state index contributed by atoms with van der Waals surface area (Å²) in [6.45, 7) is 6.99. The van der Waals surface area contributed by atoms with Crippen molar-refractivity contribution in [3.8, 4) is 0 Å². The normalized spacial score (nSPS) is 18.4. The van der Waals surface area contributed by atoms with Crippen LogP contribution in [0.25, 0.3) is 0 Å². The fraction of sp³-hybridized carbons (Fsp3) is 0.769. The Labute approximate surface area is 104 Å². The molecule has 0 aromatic heterocycles. The van der Waals surface area contributed by atoms with Gasteiger partial charge in [-0.1, -0.05) is 19.4 Å². The van der Waals surface area contributed by atoms with Gasteiger partial charge in [0.25, 0.3) is 0 Å². The second-order valence-electron chi connectivity index (χ2n) is 4.77. The Balaban J connectivity index is 2.28. The molecule has 1 atom stereocenters. The fourth-order valence-corrected chi connectivity index (χ4v) is 1.90. The lowest BCUT2D eigenvalue weighted by Crippen LogP contribution is -2.43. The molecule has 1 aliphatic heterocycles. The van der Waals surface area contributed by atoms with E-state index in [1.165, 1.54) is 5.57 Å². The van der Waals surface area contributed by atoms with Crippen molar-refractivity contribution in [1.29, 1.82) is 0 Å². The van der Waals surface area contributed by atoms with Crippen LogP contribution in [-0.4, -0.2) is 43.7 Å². The molecule has 17 heavy (non-hydrogen) atoms. The molecule has 0 aliphatic carbocycles. The summed E-state index contributed by atoms with van der Waals surface area (Å²) in [4.78, 5) is 13.9. The Morgan fingerprint density at radius 2 is 2.35 bits per heavy atom. The zero-order valence-electron chi connectivity index (χ0n) is 11.3. The number of rotatable bonds is 5. The summed E-state index contributed by atoms with van der Waals surface area (Å²) in [7, 11) is 2.11. The Bertz CT molecular complexity index is 276. The van der Waals surface area contributed by atoms with Gasteiger partial charge in [-0.15, -0.1) is 0 Å². The van der Waals surface area contributed by atoms with Crippen LogP contribution in [-0.2, 0) is 0 Å². The number of unbranched alkanes of at least 4 members (excludes halogenated alkanes) is 1. The SMILES string of the molecule is CCCCNC(=O)NC(C)C1=CCN(C)CC1. The van der Waals surface area contributed by atoms with Crippen LogP contribution in [0, 0.1) is 0 Å². The molecule has 1 aliphatic rings. The van der Waals surface area contributed by atoms with Gasteiger partial charge < -0.3 is 15.5 Å². The van der Waals surface area contributed by atoms with Crippen molar-refractivity contribution in [2.75, 3.05) is 26.7 Å². The minimum Gasteiger partial charge on any atom is -0.338 e. The standard InChI is InChI=1S/C13H25N3O/c1-4-5-8-14-13(17)15-11(2)12-6-9-16(3)10-7-12/h6,11H,4-5,7-10H2,1-3H3,(H2,14,15,17). The highest BCUT2D eigenvalue weighted by molar-refractivity contribution is 5.74. The molecule has 4 heteroatoms. The molecule has 0 aromatic rings. The fourth-order valence-electron chi connectivity index (χ4n) is 1.90. The summed E-state index contributed by atoms with van der Waals surface area (Å²) in [5.41, 5.74) is 1.34. The van der Waals surface area contributed by atoms with Crippen molar-refractivity contribution in [2.45, 2.75) is 39.2 Å². The lowest BCUT2D eigenvalue weighted by molar-refractivity contribution is 0.238. The number of nitrogens with one attached hydrogen (secondary N) is 2. The van der Waals surface area contributed by atoms with Crippen molar-refractivity contribution < 1.29 is 4.79 Å². The van der Waals surface area contributed by atoms with Crippen molar-refractivity contribution >= 4 is 6.03 Å². The number of hydrogen-bond acceptors (Lipinski definition) is 2. The average Bonchev–Trinajstić information content (AvgIpc) is 2.30. The molecule has 0 saturated carbocycles. The first kappa shape index (κ1) is 14.0. The van der Waals surface area contributed by atoms with Crippen LogP contribution in [0.15, 0.2) is 11.6 Å². The third-order valence-corrected chi connectivity index (χ3v) is 3.17. The molecular formula is C13H25N3O. The van der Waals surface area contributed by atoms with Gasteiger partial charge in [0, 0.05) is 25.7 Å². The Morgan fingerprint density at radius 3 is 2.94 bits per heavy atom. The van der Waals surface area contributed by atoms with Crippen molar-refractivity contribution in [1.82, 2.24) is 15.5 Å². The molecule has 98 valence electrons. The maximum absolute atomic E-state index is 11.6. The smallest absolute Gasteiger partial charge is 0.315 e. The number of nitrogens with zero attached hydrogens (tertiary/aromatic N) is 1. The van der Waals surface area contributed by atoms with Crippen molar-refractivity contribution in [2.24, 2.45) is 0 Å². The van der Waals surface area contributed by atoms with Crippen LogP contribution in [0.1, 0.15) is 33.1 Å². The molecule has 0 radical (unpaired) electrons. The predicted octanol–water partition coefficient (Wildman–Crippen LogP) is 1.74. The molecule has 0 aromatic carbocycles. The van der Waals surface area contributed by atoms with E-state index in [1.807, 2.05) is 0 Å². The van der Waals surface area contributed by atoms with Gasteiger partial charge >= 0.3 is 6.03 Å². The van der Waals surface area contributed by atoms with E-state index < -0.39 is 0 Å². The molecule has 0 saturated heterocycles. The van der Waals surface area contributed by atoms with Crippen LogP contribution in [0.5, 0.6) is 0 Å².